The maximum Gasteiger partial charge on any atom is 0.337 e. The largest absolute Gasteiger partial charge is 0.465 e. The number of halogens is 1. The third-order valence-electron chi connectivity index (χ3n) is 5.14. The van der Waals surface area contributed by atoms with Gasteiger partial charge in [0.2, 0.25) is 11.8 Å². The number of methoxy groups -OCH3 is 1. The minimum Gasteiger partial charge on any atom is -0.465 e. The molecule has 1 aliphatic rings. The number of carbonyl (C=O) groups excluding carboxylic acids is 3. The maximum atomic E-state index is 13.5. The Kier molecular flexibility index (Phi) is 6.18. The molecule has 4 rings (SSSR count). The number of nitrogens with one attached hydrogen (secondary N) is 2. The molecule has 0 bridgehead atoms. The molecule has 3 aromatic rings. The smallest absolute Gasteiger partial charge is 0.337 e. The number of benzene rings is 3. The first-order valence-corrected chi connectivity index (χ1v) is 10.1. The van der Waals surface area contributed by atoms with Gasteiger partial charge in [-0.25, -0.2) is 9.18 Å². The number of esters is 1. The molecule has 1 atom stereocenters. The van der Waals surface area contributed by atoms with E-state index in [1.54, 1.807) is 48.5 Å². The Morgan fingerprint density at radius 2 is 1.76 bits per heavy atom. The molecular formula is C26H19FN2O4. The Hall–Kier alpha value is -4.44. The number of rotatable bonds is 3. The number of hydrogen-bond donors (Lipinski definition) is 2. The Balaban J connectivity index is 1.52. The van der Waals surface area contributed by atoms with Crippen LogP contribution in [-0.2, 0) is 14.3 Å². The fourth-order valence-corrected chi connectivity index (χ4v) is 3.56. The fourth-order valence-electron chi connectivity index (χ4n) is 3.56. The summed E-state index contributed by atoms with van der Waals surface area (Å²) in [5, 5.41) is 5.42. The molecule has 7 heteroatoms. The normalized spacial score (nSPS) is 14.2. The third kappa shape index (κ3) is 5.08. The van der Waals surface area contributed by atoms with Crippen LogP contribution in [0.3, 0.4) is 0 Å². The quantitative estimate of drug-likeness (QED) is 0.473. The van der Waals surface area contributed by atoms with Crippen LogP contribution in [0.1, 0.15) is 39.4 Å². The van der Waals surface area contributed by atoms with Crippen molar-refractivity contribution in [3.63, 3.8) is 0 Å². The first-order valence-electron chi connectivity index (χ1n) is 10.1. The topological polar surface area (TPSA) is 84.5 Å². The van der Waals surface area contributed by atoms with Gasteiger partial charge in [-0.2, -0.15) is 0 Å². The van der Waals surface area contributed by atoms with Crippen molar-refractivity contribution in [2.75, 3.05) is 17.7 Å². The summed E-state index contributed by atoms with van der Waals surface area (Å²) >= 11 is 0. The first-order chi connectivity index (χ1) is 15.9. The second kappa shape index (κ2) is 9.37. The Morgan fingerprint density at radius 3 is 2.52 bits per heavy atom. The van der Waals surface area contributed by atoms with Crippen LogP contribution in [0.4, 0.5) is 15.8 Å². The number of ether oxygens (including phenoxy) is 1. The molecular weight excluding hydrogens is 423 g/mol. The van der Waals surface area contributed by atoms with E-state index >= 15 is 0 Å². The summed E-state index contributed by atoms with van der Waals surface area (Å²) in [4.78, 5) is 36.6. The summed E-state index contributed by atoms with van der Waals surface area (Å²) < 4.78 is 18.2. The zero-order chi connectivity index (χ0) is 23.4. The SMILES string of the molecule is COC(=O)c1cccc(C#Cc2cccc(NC(=O)C3CC(=O)Nc4cc(F)ccc43)c2)c1. The molecule has 6 nitrogen and oxygen atoms in total. The molecule has 2 amide bonds. The van der Waals surface area contributed by atoms with Gasteiger partial charge in [-0.05, 0) is 54.1 Å². The standard InChI is InChI=1S/C26H19FN2O4/c1-33-26(32)18-6-2-4-16(12-18)8-9-17-5-3-7-20(13-17)28-25(31)22-15-24(30)29-23-14-19(27)10-11-21(22)23/h2-7,10-14,22H,15H2,1H3,(H,28,31)(H,29,30). The van der Waals surface area contributed by atoms with Crippen molar-refractivity contribution in [2.45, 2.75) is 12.3 Å². The van der Waals surface area contributed by atoms with Gasteiger partial charge in [0, 0.05) is 28.9 Å². The highest BCUT2D eigenvalue weighted by Crippen LogP contribution is 2.33. The van der Waals surface area contributed by atoms with Gasteiger partial charge in [-0.15, -0.1) is 0 Å². The van der Waals surface area contributed by atoms with Crippen LogP contribution in [0.15, 0.2) is 66.7 Å². The van der Waals surface area contributed by atoms with Gasteiger partial charge in [-0.3, -0.25) is 9.59 Å². The second-order valence-corrected chi connectivity index (χ2v) is 7.43. The molecule has 0 radical (unpaired) electrons. The van der Waals surface area contributed by atoms with Crippen molar-refractivity contribution in [2.24, 2.45) is 0 Å². The Bertz CT molecular complexity index is 1320. The van der Waals surface area contributed by atoms with Crippen LogP contribution < -0.4 is 10.6 Å². The van der Waals surface area contributed by atoms with Crippen LogP contribution in [0.5, 0.6) is 0 Å². The van der Waals surface area contributed by atoms with Crippen molar-refractivity contribution in [1.82, 2.24) is 0 Å². The molecule has 0 aliphatic carbocycles. The number of anilines is 2. The average molecular weight is 442 g/mol. The predicted molar refractivity (Wildman–Crippen MR) is 121 cm³/mol. The summed E-state index contributed by atoms with van der Waals surface area (Å²) in [7, 11) is 1.32. The summed E-state index contributed by atoms with van der Waals surface area (Å²) in [6.07, 6.45) is -0.0273. The summed E-state index contributed by atoms with van der Waals surface area (Å²) in [6.45, 7) is 0. The van der Waals surface area contributed by atoms with Gasteiger partial charge in [0.1, 0.15) is 5.82 Å². The van der Waals surface area contributed by atoms with Crippen LogP contribution in [-0.4, -0.2) is 24.9 Å². The average Bonchev–Trinajstić information content (AvgIpc) is 2.81. The number of fused-ring (bicyclic) bond motifs is 1. The van der Waals surface area contributed by atoms with E-state index in [4.69, 9.17) is 4.74 Å². The number of hydrogen-bond acceptors (Lipinski definition) is 4. The molecule has 0 aromatic heterocycles. The summed E-state index contributed by atoms with van der Waals surface area (Å²) in [6, 6.07) is 17.7. The zero-order valence-electron chi connectivity index (χ0n) is 17.6. The predicted octanol–water partition coefficient (Wildman–Crippen LogP) is 4.08. The molecule has 1 heterocycles. The van der Waals surface area contributed by atoms with Crippen molar-refractivity contribution in [3.05, 3.63) is 94.8 Å². The van der Waals surface area contributed by atoms with E-state index in [1.807, 2.05) is 0 Å². The molecule has 1 unspecified atom stereocenters. The fraction of sp³-hybridized carbons (Fsp3) is 0.115. The molecule has 0 spiro atoms. The zero-order valence-corrected chi connectivity index (χ0v) is 17.6. The van der Waals surface area contributed by atoms with Gasteiger partial charge in [-0.1, -0.05) is 30.0 Å². The number of amides is 2. The van der Waals surface area contributed by atoms with Gasteiger partial charge in [0.25, 0.3) is 0 Å². The summed E-state index contributed by atoms with van der Waals surface area (Å²) in [5.74, 6) is 3.63. The maximum absolute atomic E-state index is 13.5. The monoisotopic (exact) mass is 442 g/mol. The molecule has 0 saturated carbocycles. The van der Waals surface area contributed by atoms with E-state index in [2.05, 4.69) is 22.5 Å². The van der Waals surface area contributed by atoms with Crippen LogP contribution in [0.2, 0.25) is 0 Å². The Morgan fingerprint density at radius 1 is 1.03 bits per heavy atom. The molecule has 0 saturated heterocycles. The molecule has 3 aromatic carbocycles. The van der Waals surface area contributed by atoms with Gasteiger partial charge in [0.15, 0.2) is 0 Å². The van der Waals surface area contributed by atoms with E-state index in [0.29, 0.717) is 33.6 Å². The third-order valence-corrected chi connectivity index (χ3v) is 5.14. The Labute approximate surface area is 189 Å². The lowest BCUT2D eigenvalue weighted by molar-refractivity contribution is -0.123. The molecule has 164 valence electrons. The second-order valence-electron chi connectivity index (χ2n) is 7.43. The van der Waals surface area contributed by atoms with Crippen LogP contribution >= 0.6 is 0 Å². The van der Waals surface area contributed by atoms with E-state index in [9.17, 15) is 18.8 Å². The van der Waals surface area contributed by atoms with Gasteiger partial charge >= 0.3 is 5.97 Å². The van der Waals surface area contributed by atoms with Crippen LogP contribution in [0, 0.1) is 17.7 Å². The molecule has 1 aliphatic heterocycles. The molecule has 2 N–H and O–H groups in total. The minimum atomic E-state index is -0.731. The lowest BCUT2D eigenvalue weighted by Crippen LogP contribution is -2.30. The minimum absolute atomic E-state index is 0.0273. The van der Waals surface area contributed by atoms with Crippen molar-refractivity contribution >= 4 is 29.2 Å². The highest BCUT2D eigenvalue weighted by atomic mass is 19.1. The highest BCUT2D eigenvalue weighted by Gasteiger charge is 2.31. The lowest BCUT2D eigenvalue weighted by atomic mass is 9.89. The van der Waals surface area contributed by atoms with Crippen molar-refractivity contribution in [3.8, 4) is 11.8 Å². The number of carbonyl (C=O) groups is 3. The van der Waals surface area contributed by atoms with Crippen molar-refractivity contribution in [1.29, 1.82) is 0 Å². The van der Waals surface area contributed by atoms with Crippen LogP contribution in [0.25, 0.3) is 0 Å². The summed E-state index contributed by atoms with van der Waals surface area (Å²) in [5.41, 5.74) is 3.09. The molecule has 0 fully saturated rings. The highest BCUT2D eigenvalue weighted by molar-refractivity contribution is 6.05. The van der Waals surface area contributed by atoms with E-state index in [0.717, 1.165) is 0 Å². The molecule has 33 heavy (non-hydrogen) atoms. The van der Waals surface area contributed by atoms with E-state index in [1.165, 1.54) is 25.3 Å². The van der Waals surface area contributed by atoms with E-state index < -0.39 is 17.7 Å². The van der Waals surface area contributed by atoms with E-state index in [-0.39, 0.29) is 18.2 Å². The lowest BCUT2D eigenvalue weighted by Gasteiger charge is -2.25. The van der Waals surface area contributed by atoms with Crippen molar-refractivity contribution < 1.29 is 23.5 Å². The van der Waals surface area contributed by atoms with Gasteiger partial charge < -0.3 is 15.4 Å². The van der Waals surface area contributed by atoms with Gasteiger partial charge in [0.05, 0.1) is 18.6 Å². The first kappa shape index (κ1) is 21.8.